The molecule has 31 heavy (non-hydrogen) atoms. The fourth-order valence-corrected chi connectivity index (χ4v) is 3.76. The van der Waals surface area contributed by atoms with Crippen LogP contribution in [0.2, 0.25) is 0 Å². The lowest BCUT2D eigenvalue weighted by atomic mass is 9.97. The van der Waals surface area contributed by atoms with Gasteiger partial charge in [-0.1, -0.05) is 72.8 Å². The molecule has 0 aliphatic carbocycles. The van der Waals surface area contributed by atoms with Crippen molar-refractivity contribution in [2.24, 2.45) is 0 Å². The van der Waals surface area contributed by atoms with E-state index in [9.17, 15) is 4.79 Å². The maximum absolute atomic E-state index is 12.8. The van der Waals surface area contributed by atoms with Gasteiger partial charge >= 0.3 is 5.97 Å². The summed E-state index contributed by atoms with van der Waals surface area (Å²) in [6.07, 6.45) is 7.01. The highest BCUT2D eigenvalue weighted by Crippen LogP contribution is 2.29. The molecule has 0 atom stereocenters. The Morgan fingerprint density at radius 3 is 2.32 bits per heavy atom. The van der Waals surface area contributed by atoms with E-state index in [0.29, 0.717) is 12.2 Å². The van der Waals surface area contributed by atoms with Gasteiger partial charge in [0, 0.05) is 0 Å². The average Bonchev–Trinajstić information content (AvgIpc) is 2.83. The number of allylic oxidation sites excluding steroid dienone is 1. The molecule has 0 radical (unpaired) electrons. The van der Waals surface area contributed by atoms with Gasteiger partial charge in [0.25, 0.3) is 0 Å². The Hall–Kier alpha value is -3.59. The standard InChI is InChI=1S/C28H26O3/c1-30-23-17-15-21(16-18-23)10-4-2-3-9-19-31-28(29)27-20-22-11-5-6-12-24(22)25-13-7-8-14-26(25)27/h4-8,10-18,20H,2-3,9,19H2,1H3/b10-4+. The summed E-state index contributed by atoms with van der Waals surface area (Å²) < 4.78 is 10.8. The summed E-state index contributed by atoms with van der Waals surface area (Å²) in [5.74, 6) is 0.605. The summed E-state index contributed by atoms with van der Waals surface area (Å²) in [5, 5.41) is 4.22. The van der Waals surface area contributed by atoms with Gasteiger partial charge in [-0.25, -0.2) is 4.79 Å². The van der Waals surface area contributed by atoms with Crippen LogP contribution in [0.3, 0.4) is 0 Å². The van der Waals surface area contributed by atoms with Crippen LogP contribution in [-0.2, 0) is 4.74 Å². The lowest BCUT2D eigenvalue weighted by molar-refractivity contribution is 0.0501. The maximum atomic E-state index is 12.8. The molecule has 4 rings (SSSR count). The van der Waals surface area contributed by atoms with E-state index in [1.54, 1.807) is 7.11 Å². The van der Waals surface area contributed by atoms with E-state index >= 15 is 0 Å². The third kappa shape index (κ3) is 4.95. The third-order valence-electron chi connectivity index (χ3n) is 5.41. The van der Waals surface area contributed by atoms with Crippen LogP contribution in [0.15, 0.2) is 84.9 Å². The van der Waals surface area contributed by atoms with Crippen LogP contribution in [0.1, 0.15) is 35.2 Å². The Morgan fingerprint density at radius 1 is 0.839 bits per heavy atom. The van der Waals surface area contributed by atoms with E-state index in [2.05, 4.69) is 24.3 Å². The van der Waals surface area contributed by atoms with Crippen molar-refractivity contribution in [2.45, 2.75) is 19.3 Å². The van der Waals surface area contributed by atoms with Gasteiger partial charge in [0.05, 0.1) is 19.3 Å². The van der Waals surface area contributed by atoms with E-state index in [4.69, 9.17) is 9.47 Å². The normalized spacial score (nSPS) is 11.3. The number of carbonyl (C=O) groups is 1. The van der Waals surface area contributed by atoms with E-state index in [1.165, 1.54) is 0 Å². The Bertz CT molecular complexity index is 1210. The number of hydrogen-bond donors (Lipinski definition) is 0. The molecule has 0 amide bonds. The van der Waals surface area contributed by atoms with Gasteiger partial charge in [0.2, 0.25) is 0 Å². The predicted molar refractivity (Wildman–Crippen MR) is 128 cm³/mol. The summed E-state index contributed by atoms with van der Waals surface area (Å²) in [7, 11) is 1.67. The fourth-order valence-electron chi connectivity index (χ4n) is 3.76. The molecule has 4 aromatic rings. The molecule has 0 fully saturated rings. The number of ether oxygens (including phenoxy) is 2. The first-order valence-corrected chi connectivity index (χ1v) is 10.6. The quantitative estimate of drug-likeness (QED) is 0.177. The summed E-state index contributed by atoms with van der Waals surface area (Å²) in [4.78, 5) is 12.8. The molecule has 0 heterocycles. The zero-order valence-corrected chi connectivity index (χ0v) is 17.7. The molecular weight excluding hydrogens is 384 g/mol. The number of unbranched alkanes of at least 4 members (excludes halogenated alkanes) is 2. The van der Waals surface area contributed by atoms with Crippen LogP contribution < -0.4 is 4.74 Å². The first kappa shape index (κ1) is 20.7. The Labute approximate surface area is 182 Å². The van der Waals surface area contributed by atoms with Gasteiger partial charge < -0.3 is 9.47 Å². The minimum atomic E-state index is -0.254. The van der Waals surface area contributed by atoms with E-state index in [-0.39, 0.29) is 5.97 Å². The van der Waals surface area contributed by atoms with Crippen molar-refractivity contribution in [2.75, 3.05) is 13.7 Å². The largest absolute Gasteiger partial charge is 0.497 e. The van der Waals surface area contributed by atoms with Crippen LogP contribution in [0.5, 0.6) is 5.75 Å². The number of carbonyl (C=O) groups excluding carboxylic acids is 1. The van der Waals surface area contributed by atoms with Crippen LogP contribution in [-0.4, -0.2) is 19.7 Å². The van der Waals surface area contributed by atoms with Gasteiger partial charge in [-0.3, -0.25) is 0 Å². The van der Waals surface area contributed by atoms with Crippen molar-refractivity contribution < 1.29 is 14.3 Å². The highest BCUT2D eigenvalue weighted by molar-refractivity contribution is 6.15. The third-order valence-corrected chi connectivity index (χ3v) is 5.41. The molecule has 0 aliphatic rings. The van der Waals surface area contributed by atoms with Crippen molar-refractivity contribution in [1.82, 2.24) is 0 Å². The first-order chi connectivity index (χ1) is 15.3. The predicted octanol–water partition coefficient (Wildman–Crippen LogP) is 7.04. The van der Waals surface area contributed by atoms with Gasteiger partial charge in [-0.15, -0.1) is 0 Å². The second-order valence-corrected chi connectivity index (χ2v) is 7.50. The summed E-state index contributed by atoms with van der Waals surface area (Å²) >= 11 is 0. The van der Waals surface area contributed by atoms with E-state index < -0.39 is 0 Å². The van der Waals surface area contributed by atoms with Crippen LogP contribution in [0.4, 0.5) is 0 Å². The zero-order valence-electron chi connectivity index (χ0n) is 17.7. The fraction of sp³-hybridized carbons (Fsp3) is 0.179. The number of esters is 1. The zero-order chi connectivity index (χ0) is 21.5. The topological polar surface area (TPSA) is 35.5 Å². The molecule has 0 saturated carbocycles. The van der Waals surface area contributed by atoms with Crippen molar-refractivity contribution in [3.05, 3.63) is 96.1 Å². The van der Waals surface area contributed by atoms with Crippen LogP contribution >= 0.6 is 0 Å². The SMILES string of the molecule is COc1ccc(/C=C/CCCCOC(=O)c2cc3ccccc3c3ccccc23)cc1. The second-order valence-electron chi connectivity index (χ2n) is 7.50. The molecule has 0 bridgehead atoms. The Balaban J connectivity index is 1.31. The molecule has 0 unspecified atom stereocenters. The average molecular weight is 411 g/mol. The highest BCUT2D eigenvalue weighted by atomic mass is 16.5. The first-order valence-electron chi connectivity index (χ1n) is 10.6. The molecule has 0 spiro atoms. The second kappa shape index (κ2) is 9.94. The van der Waals surface area contributed by atoms with Gasteiger partial charge in [-0.05, 0) is 64.6 Å². The van der Waals surface area contributed by atoms with Crippen LogP contribution in [0.25, 0.3) is 27.6 Å². The molecule has 0 aliphatic heterocycles. The molecule has 3 nitrogen and oxygen atoms in total. The summed E-state index contributed by atoms with van der Waals surface area (Å²) in [5.41, 5.74) is 1.78. The molecular formula is C28H26O3. The molecule has 3 heteroatoms. The van der Waals surface area contributed by atoms with Crippen molar-refractivity contribution in [3.63, 3.8) is 0 Å². The molecule has 0 aromatic heterocycles. The van der Waals surface area contributed by atoms with E-state index in [1.807, 2.05) is 66.7 Å². The lowest BCUT2D eigenvalue weighted by Crippen LogP contribution is -2.07. The van der Waals surface area contributed by atoms with E-state index in [0.717, 1.165) is 52.1 Å². The minimum Gasteiger partial charge on any atom is -0.497 e. The van der Waals surface area contributed by atoms with Crippen molar-refractivity contribution >= 4 is 33.6 Å². The van der Waals surface area contributed by atoms with Gasteiger partial charge in [0.1, 0.15) is 5.75 Å². The van der Waals surface area contributed by atoms with Gasteiger partial charge in [-0.2, -0.15) is 0 Å². The number of rotatable bonds is 8. The highest BCUT2D eigenvalue weighted by Gasteiger charge is 2.13. The number of benzene rings is 4. The summed E-state index contributed by atoms with van der Waals surface area (Å²) in [6.45, 7) is 0.427. The Kier molecular flexibility index (Phi) is 6.63. The molecule has 4 aromatic carbocycles. The molecule has 156 valence electrons. The lowest BCUT2D eigenvalue weighted by Gasteiger charge is -2.10. The van der Waals surface area contributed by atoms with Crippen molar-refractivity contribution in [3.8, 4) is 5.75 Å². The molecule has 0 N–H and O–H groups in total. The monoisotopic (exact) mass is 410 g/mol. The smallest absolute Gasteiger partial charge is 0.338 e. The summed E-state index contributed by atoms with van der Waals surface area (Å²) in [6, 6.07) is 26.1. The van der Waals surface area contributed by atoms with Gasteiger partial charge in [0.15, 0.2) is 0 Å². The minimum absolute atomic E-state index is 0.254. The number of fused-ring (bicyclic) bond motifs is 3. The van der Waals surface area contributed by atoms with Crippen LogP contribution in [0, 0.1) is 0 Å². The molecule has 0 saturated heterocycles. The number of hydrogen-bond acceptors (Lipinski definition) is 3. The number of methoxy groups -OCH3 is 1. The maximum Gasteiger partial charge on any atom is 0.338 e. The van der Waals surface area contributed by atoms with Crippen molar-refractivity contribution in [1.29, 1.82) is 0 Å². The Morgan fingerprint density at radius 2 is 1.55 bits per heavy atom.